The molecule has 0 aromatic heterocycles. The van der Waals surface area contributed by atoms with E-state index in [1.807, 2.05) is 0 Å². The molecule has 1 heterocycles. The van der Waals surface area contributed by atoms with E-state index in [9.17, 15) is 0 Å². The van der Waals surface area contributed by atoms with Gasteiger partial charge in [0.25, 0.3) is 0 Å². The van der Waals surface area contributed by atoms with Crippen molar-refractivity contribution < 1.29 is 4.74 Å². The first-order chi connectivity index (χ1) is 12.8. The standard InChI is InChI=1S/C24H33OS/c1-3-4-14-25-23-11-12-24(22-8-6-5-7-21(22)23)26-15-13-19-9-10-20(16-19)18(2)17-26/h5-8,11-12,18-20H,3-4,9-10,13-17H2,1-2H3/q+1. The molecule has 2 heteroatoms. The zero-order chi connectivity index (χ0) is 17.9. The third-order valence-corrected chi connectivity index (χ3v) is 9.17. The van der Waals surface area contributed by atoms with Crippen LogP contribution >= 0.6 is 0 Å². The predicted octanol–water partition coefficient (Wildman–Crippen LogP) is 6.45. The number of ether oxygens (including phenoxy) is 1. The van der Waals surface area contributed by atoms with Crippen LogP contribution in [0.3, 0.4) is 0 Å². The maximum atomic E-state index is 6.12. The van der Waals surface area contributed by atoms with E-state index in [0.29, 0.717) is 10.9 Å². The van der Waals surface area contributed by atoms with Crippen molar-refractivity contribution in [3.05, 3.63) is 36.4 Å². The van der Waals surface area contributed by atoms with Gasteiger partial charge in [-0.05, 0) is 62.1 Å². The van der Waals surface area contributed by atoms with Crippen molar-refractivity contribution in [3.63, 3.8) is 0 Å². The first kappa shape index (κ1) is 18.2. The highest BCUT2D eigenvalue weighted by Gasteiger charge is 2.38. The third kappa shape index (κ3) is 3.76. The van der Waals surface area contributed by atoms with Crippen LogP contribution in [0.2, 0.25) is 0 Å². The summed E-state index contributed by atoms with van der Waals surface area (Å²) in [4.78, 5) is 1.59. The minimum atomic E-state index is 0.386. The highest BCUT2D eigenvalue weighted by Crippen LogP contribution is 2.42. The summed E-state index contributed by atoms with van der Waals surface area (Å²) >= 11 is 0. The highest BCUT2D eigenvalue weighted by atomic mass is 32.2. The smallest absolute Gasteiger partial charge is 0.162 e. The van der Waals surface area contributed by atoms with Crippen LogP contribution in [0.4, 0.5) is 0 Å². The number of hydrogen-bond donors (Lipinski definition) is 0. The fourth-order valence-electron chi connectivity index (χ4n) is 4.89. The number of unbranched alkanes of at least 4 members (excludes halogenated alkanes) is 1. The molecule has 2 bridgehead atoms. The quantitative estimate of drug-likeness (QED) is 0.434. The molecule has 0 N–H and O–H groups in total. The molecule has 4 atom stereocenters. The Morgan fingerprint density at radius 3 is 2.73 bits per heavy atom. The van der Waals surface area contributed by atoms with Gasteiger partial charge in [0.2, 0.25) is 0 Å². The Hall–Kier alpha value is -1.15. The molecule has 1 nitrogen and oxygen atoms in total. The molecule has 4 rings (SSSR count). The lowest BCUT2D eigenvalue weighted by Crippen LogP contribution is -2.26. The van der Waals surface area contributed by atoms with Crippen LogP contribution in [0.1, 0.15) is 52.4 Å². The number of fused-ring (bicyclic) bond motifs is 3. The minimum Gasteiger partial charge on any atom is -0.493 e. The Kier molecular flexibility index (Phi) is 5.78. The van der Waals surface area contributed by atoms with E-state index in [-0.39, 0.29) is 0 Å². The highest BCUT2D eigenvalue weighted by molar-refractivity contribution is 7.97. The Labute approximate surface area is 161 Å². The number of rotatable bonds is 5. The van der Waals surface area contributed by atoms with Gasteiger partial charge in [-0.15, -0.1) is 0 Å². The first-order valence-electron chi connectivity index (χ1n) is 10.6. The van der Waals surface area contributed by atoms with Gasteiger partial charge in [-0.2, -0.15) is 0 Å². The Morgan fingerprint density at radius 1 is 1.04 bits per heavy atom. The molecule has 0 amide bonds. The molecule has 1 aliphatic carbocycles. The molecule has 2 aromatic rings. The summed E-state index contributed by atoms with van der Waals surface area (Å²) in [6, 6.07) is 13.6. The maximum absolute atomic E-state index is 6.12. The zero-order valence-corrected chi connectivity index (χ0v) is 17.2. The predicted molar refractivity (Wildman–Crippen MR) is 114 cm³/mol. The van der Waals surface area contributed by atoms with Gasteiger partial charge >= 0.3 is 0 Å². The summed E-state index contributed by atoms with van der Waals surface area (Å²) in [5.41, 5.74) is 0. The van der Waals surface area contributed by atoms with Gasteiger partial charge < -0.3 is 4.74 Å². The van der Waals surface area contributed by atoms with Crippen LogP contribution in [0.25, 0.3) is 10.8 Å². The van der Waals surface area contributed by atoms with Gasteiger partial charge in [0.15, 0.2) is 4.90 Å². The Morgan fingerprint density at radius 2 is 1.88 bits per heavy atom. The van der Waals surface area contributed by atoms with E-state index in [2.05, 4.69) is 50.2 Å². The summed E-state index contributed by atoms with van der Waals surface area (Å²) in [7, 11) is 0.386. The summed E-state index contributed by atoms with van der Waals surface area (Å²) in [6.45, 7) is 5.56. The van der Waals surface area contributed by atoms with Crippen molar-refractivity contribution in [2.45, 2.75) is 57.3 Å². The van der Waals surface area contributed by atoms with E-state index in [4.69, 9.17) is 4.74 Å². The van der Waals surface area contributed by atoms with Gasteiger partial charge in [0.05, 0.1) is 6.61 Å². The SMILES string of the molecule is CCCCOc1ccc([S+]2CCC3CCC(C3)C(C)C2)c2ccccc12. The molecule has 2 fully saturated rings. The van der Waals surface area contributed by atoms with E-state index in [0.717, 1.165) is 36.5 Å². The van der Waals surface area contributed by atoms with Crippen molar-refractivity contribution >= 4 is 21.7 Å². The Balaban J connectivity index is 1.64. The lowest BCUT2D eigenvalue weighted by Gasteiger charge is -2.23. The average molecular weight is 370 g/mol. The van der Waals surface area contributed by atoms with Crippen LogP contribution in [0, 0.1) is 17.8 Å². The molecule has 1 saturated carbocycles. The van der Waals surface area contributed by atoms with E-state index < -0.39 is 0 Å². The van der Waals surface area contributed by atoms with Crippen molar-refractivity contribution in [1.82, 2.24) is 0 Å². The number of hydrogen-bond acceptors (Lipinski definition) is 1. The van der Waals surface area contributed by atoms with Gasteiger partial charge in [-0.25, -0.2) is 0 Å². The van der Waals surface area contributed by atoms with E-state index >= 15 is 0 Å². The van der Waals surface area contributed by atoms with E-state index in [1.165, 1.54) is 54.4 Å². The lowest BCUT2D eigenvalue weighted by atomic mass is 9.92. The Bertz CT molecular complexity index is 740. The molecular formula is C24H33OS+. The molecule has 26 heavy (non-hydrogen) atoms. The van der Waals surface area contributed by atoms with Crippen molar-refractivity contribution in [1.29, 1.82) is 0 Å². The fraction of sp³-hybridized carbons (Fsp3) is 0.583. The molecule has 4 unspecified atom stereocenters. The van der Waals surface area contributed by atoms with Gasteiger partial charge in [0, 0.05) is 27.6 Å². The topological polar surface area (TPSA) is 9.23 Å². The lowest BCUT2D eigenvalue weighted by molar-refractivity contribution is 0.313. The second-order valence-electron chi connectivity index (χ2n) is 8.38. The second kappa shape index (κ2) is 8.25. The van der Waals surface area contributed by atoms with Crippen LogP contribution in [0.5, 0.6) is 5.75 Å². The third-order valence-electron chi connectivity index (χ3n) is 6.53. The van der Waals surface area contributed by atoms with Gasteiger partial charge in [-0.1, -0.05) is 38.5 Å². The fourth-order valence-corrected chi connectivity index (χ4v) is 7.73. The molecule has 1 aliphatic heterocycles. The zero-order valence-electron chi connectivity index (χ0n) is 16.4. The normalized spacial score (nSPS) is 28.7. The van der Waals surface area contributed by atoms with Gasteiger partial charge in [0.1, 0.15) is 17.3 Å². The van der Waals surface area contributed by atoms with Crippen LogP contribution in [0.15, 0.2) is 41.3 Å². The monoisotopic (exact) mass is 369 g/mol. The summed E-state index contributed by atoms with van der Waals surface area (Å²) in [5.74, 6) is 6.71. The molecular weight excluding hydrogens is 336 g/mol. The summed E-state index contributed by atoms with van der Waals surface area (Å²) in [6.07, 6.45) is 8.21. The first-order valence-corrected chi connectivity index (χ1v) is 12.1. The maximum Gasteiger partial charge on any atom is 0.162 e. The average Bonchev–Trinajstić information content (AvgIpc) is 3.15. The van der Waals surface area contributed by atoms with Crippen LogP contribution in [-0.4, -0.2) is 18.1 Å². The number of benzene rings is 2. The summed E-state index contributed by atoms with van der Waals surface area (Å²) in [5, 5.41) is 2.75. The molecule has 2 aliphatic rings. The largest absolute Gasteiger partial charge is 0.493 e. The van der Waals surface area contributed by atoms with Crippen LogP contribution < -0.4 is 4.74 Å². The van der Waals surface area contributed by atoms with Crippen LogP contribution in [-0.2, 0) is 10.9 Å². The molecule has 0 spiro atoms. The van der Waals surface area contributed by atoms with Gasteiger partial charge in [-0.3, -0.25) is 0 Å². The molecule has 140 valence electrons. The van der Waals surface area contributed by atoms with Crippen molar-refractivity contribution in [2.75, 3.05) is 18.1 Å². The second-order valence-corrected chi connectivity index (χ2v) is 10.5. The summed E-state index contributed by atoms with van der Waals surface area (Å²) < 4.78 is 6.12. The molecule has 0 radical (unpaired) electrons. The van der Waals surface area contributed by atoms with E-state index in [1.54, 1.807) is 4.90 Å². The van der Waals surface area contributed by atoms with Crippen molar-refractivity contribution in [2.24, 2.45) is 17.8 Å². The minimum absolute atomic E-state index is 0.386. The molecule has 2 aromatic carbocycles. The van der Waals surface area contributed by atoms with Crippen molar-refractivity contribution in [3.8, 4) is 5.75 Å². The molecule has 1 saturated heterocycles.